The van der Waals surface area contributed by atoms with E-state index in [1.54, 1.807) is 6.20 Å². The van der Waals surface area contributed by atoms with Crippen LogP contribution in [0.5, 0.6) is 5.75 Å². The molecule has 39 heavy (non-hydrogen) atoms. The number of aromatic nitrogens is 4. The molecule has 0 saturated heterocycles. The van der Waals surface area contributed by atoms with Gasteiger partial charge in [-0.25, -0.2) is 18.6 Å². The third kappa shape index (κ3) is 5.39. The van der Waals surface area contributed by atoms with Crippen LogP contribution in [0.4, 0.5) is 14.5 Å². The first kappa shape index (κ1) is 25.7. The van der Waals surface area contributed by atoms with Crippen molar-refractivity contribution in [3.05, 3.63) is 89.5 Å². The summed E-state index contributed by atoms with van der Waals surface area (Å²) in [6, 6.07) is 15.2. The Hall–Kier alpha value is -4.90. The van der Waals surface area contributed by atoms with Crippen molar-refractivity contribution < 1.29 is 23.4 Å². The number of halogens is 2. The second-order valence-electron chi connectivity index (χ2n) is 8.73. The number of nitrogens with zero attached hydrogens (tertiary/aromatic N) is 3. The highest BCUT2D eigenvalue weighted by atomic mass is 19.1. The van der Waals surface area contributed by atoms with E-state index >= 15 is 0 Å². The highest BCUT2D eigenvalue weighted by Crippen LogP contribution is 2.32. The number of hydrogen-bond donors (Lipinski definition) is 4. The van der Waals surface area contributed by atoms with E-state index in [1.807, 2.05) is 49.4 Å². The summed E-state index contributed by atoms with van der Waals surface area (Å²) in [4.78, 5) is 28.3. The molecule has 5 N–H and O–H groups in total. The molecule has 0 aliphatic rings. The minimum atomic E-state index is -1.69. The number of pyridine rings is 2. The molecule has 11 heteroatoms. The van der Waals surface area contributed by atoms with Gasteiger partial charge in [-0.05, 0) is 49.4 Å². The zero-order valence-corrected chi connectivity index (χ0v) is 20.8. The quantitative estimate of drug-likeness (QED) is 0.211. The molecular weight excluding hydrogens is 506 g/mol. The first-order valence-corrected chi connectivity index (χ1v) is 12.0. The molecule has 198 valence electrons. The van der Waals surface area contributed by atoms with Crippen LogP contribution in [-0.2, 0) is 6.54 Å². The van der Waals surface area contributed by atoms with Gasteiger partial charge in [-0.15, -0.1) is 0 Å². The van der Waals surface area contributed by atoms with E-state index < -0.39 is 23.2 Å². The van der Waals surface area contributed by atoms with Crippen LogP contribution < -0.4 is 15.8 Å². The standard InChI is InChI=1S/C28H24F2N6O3/c1-15-3-2-4-22(34-15)27-26(16-5-7-20-17(11-16)12-18(13-32-20)39-10-9-31)35-23(36-27)14-33-21-8-6-19(29)24(25(21)30)28(37)38/h2-8,11-13,33H,9-10,14,31H2,1H3,(H,35,36)(H,37,38). The number of aryl methyl sites for hydroxylation is 1. The van der Waals surface area contributed by atoms with Crippen LogP contribution in [0.2, 0.25) is 0 Å². The van der Waals surface area contributed by atoms with Crippen LogP contribution in [0.25, 0.3) is 33.5 Å². The Kier molecular flexibility index (Phi) is 7.15. The number of carboxylic acid groups (broad SMARTS) is 1. The molecule has 3 aromatic heterocycles. The number of imidazole rings is 1. The molecule has 0 radical (unpaired) electrons. The van der Waals surface area contributed by atoms with E-state index in [4.69, 9.17) is 20.6 Å². The second kappa shape index (κ2) is 10.8. The van der Waals surface area contributed by atoms with Crippen molar-refractivity contribution in [1.82, 2.24) is 19.9 Å². The van der Waals surface area contributed by atoms with Gasteiger partial charge in [0.2, 0.25) is 0 Å². The van der Waals surface area contributed by atoms with Crippen LogP contribution in [0.15, 0.2) is 60.8 Å². The van der Waals surface area contributed by atoms with Crippen molar-refractivity contribution in [1.29, 1.82) is 0 Å². The Morgan fingerprint density at radius 2 is 1.97 bits per heavy atom. The third-order valence-corrected chi connectivity index (χ3v) is 5.97. The zero-order valence-electron chi connectivity index (χ0n) is 20.8. The molecule has 3 heterocycles. The zero-order chi connectivity index (χ0) is 27.5. The first-order valence-electron chi connectivity index (χ1n) is 12.0. The van der Waals surface area contributed by atoms with Gasteiger partial charge in [0.1, 0.15) is 35.3 Å². The average Bonchev–Trinajstić information content (AvgIpc) is 3.35. The molecule has 9 nitrogen and oxygen atoms in total. The predicted octanol–water partition coefficient (Wildman–Crippen LogP) is 4.92. The average molecular weight is 531 g/mol. The first-order chi connectivity index (χ1) is 18.8. The molecule has 5 aromatic rings. The predicted molar refractivity (Wildman–Crippen MR) is 142 cm³/mol. The van der Waals surface area contributed by atoms with Crippen LogP contribution >= 0.6 is 0 Å². The number of hydrogen-bond acceptors (Lipinski definition) is 7. The third-order valence-electron chi connectivity index (χ3n) is 5.97. The fourth-order valence-electron chi connectivity index (χ4n) is 4.16. The number of nitrogens with two attached hydrogens (primary N) is 1. The minimum absolute atomic E-state index is 0.00659. The smallest absolute Gasteiger partial charge is 0.341 e. The van der Waals surface area contributed by atoms with Crippen molar-refractivity contribution >= 4 is 22.6 Å². The van der Waals surface area contributed by atoms with Crippen LogP contribution in [0, 0.1) is 18.6 Å². The highest BCUT2D eigenvalue weighted by molar-refractivity contribution is 5.90. The fourth-order valence-corrected chi connectivity index (χ4v) is 4.16. The van der Waals surface area contributed by atoms with Gasteiger partial charge >= 0.3 is 5.97 Å². The molecule has 0 fully saturated rings. The lowest BCUT2D eigenvalue weighted by molar-refractivity contribution is 0.0686. The number of carboxylic acids is 1. The summed E-state index contributed by atoms with van der Waals surface area (Å²) in [5.41, 5.74) is 8.61. The number of aromatic amines is 1. The van der Waals surface area contributed by atoms with Crippen LogP contribution in [0.3, 0.4) is 0 Å². The maximum atomic E-state index is 14.7. The maximum absolute atomic E-state index is 14.7. The second-order valence-corrected chi connectivity index (χ2v) is 8.73. The maximum Gasteiger partial charge on any atom is 0.341 e. The molecule has 0 aliphatic carbocycles. The number of anilines is 1. The summed E-state index contributed by atoms with van der Waals surface area (Å²) < 4.78 is 34.1. The van der Waals surface area contributed by atoms with Gasteiger partial charge in [0.05, 0.1) is 35.3 Å². The number of H-pyrrole nitrogens is 1. The minimum Gasteiger partial charge on any atom is -0.491 e. The number of benzene rings is 2. The molecule has 5 rings (SSSR count). The number of rotatable bonds is 9. The fraction of sp³-hybridized carbons (Fsp3) is 0.143. The van der Waals surface area contributed by atoms with Gasteiger partial charge < -0.3 is 25.9 Å². The van der Waals surface area contributed by atoms with Crippen molar-refractivity contribution in [3.63, 3.8) is 0 Å². The summed E-state index contributed by atoms with van der Waals surface area (Å²) in [5, 5.41) is 12.8. The van der Waals surface area contributed by atoms with Crippen molar-refractivity contribution in [2.24, 2.45) is 5.73 Å². The van der Waals surface area contributed by atoms with E-state index in [0.717, 1.165) is 34.3 Å². The molecule has 0 bridgehead atoms. The number of nitrogens with one attached hydrogen (secondary N) is 2. The number of fused-ring (bicyclic) bond motifs is 1. The van der Waals surface area contributed by atoms with E-state index in [-0.39, 0.29) is 12.2 Å². The molecule has 0 aliphatic heterocycles. The van der Waals surface area contributed by atoms with Crippen molar-refractivity contribution in [3.8, 4) is 28.4 Å². The van der Waals surface area contributed by atoms with E-state index in [9.17, 15) is 13.6 Å². The summed E-state index contributed by atoms with van der Waals surface area (Å²) in [5.74, 6) is -3.00. The largest absolute Gasteiger partial charge is 0.491 e. The van der Waals surface area contributed by atoms with Gasteiger partial charge in [0.15, 0.2) is 5.82 Å². The van der Waals surface area contributed by atoms with Gasteiger partial charge in [-0.1, -0.05) is 12.1 Å². The van der Waals surface area contributed by atoms with Gasteiger partial charge in [0.25, 0.3) is 0 Å². The lowest BCUT2D eigenvalue weighted by Gasteiger charge is -2.08. The van der Waals surface area contributed by atoms with Crippen molar-refractivity contribution in [2.75, 3.05) is 18.5 Å². The summed E-state index contributed by atoms with van der Waals surface area (Å²) in [7, 11) is 0. The molecule has 0 atom stereocenters. The lowest BCUT2D eigenvalue weighted by atomic mass is 10.1. The van der Waals surface area contributed by atoms with E-state index in [2.05, 4.69) is 20.3 Å². The van der Waals surface area contributed by atoms with E-state index in [1.165, 1.54) is 0 Å². The number of ether oxygens (including phenoxy) is 1. The Morgan fingerprint density at radius 3 is 2.74 bits per heavy atom. The van der Waals surface area contributed by atoms with Crippen molar-refractivity contribution in [2.45, 2.75) is 13.5 Å². The van der Waals surface area contributed by atoms with Crippen LogP contribution in [-0.4, -0.2) is 44.2 Å². The Labute approximate surface area is 221 Å². The molecule has 0 spiro atoms. The molecule has 0 amide bonds. The monoisotopic (exact) mass is 530 g/mol. The lowest BCUT2D eigenvalue weighted by Crippen LogP contribution is -2.10. The Morgan fingerprint density at radius 1 is 1.13 bits per heavy atom. The Balaban J connectivity index is 1.53. The van der Waals surface area contributed by atoms with Gasteiger partial charge in [0, 0.05) is 23.2 Å². The summed E-state index contributed by atoms with van der Waals surface area (Å²) in [6.07, 6.45) is 1.64. The normalized spacial score (nSPS) is 11.1. The number of carbonyl (C=O) groups is 1. The topological polar surface area (TPSA) is 139 Å². The van der Waals surface area contributed by atoms with Gasteiger partial charge in [-0.3, -0.25) is 9.97 Å². The van der Waals surface area contributed by atoms with Crippen LogP contribution in [0.1, 0.15) is 21.9 Å². The highest BCUT2D eigenvalue weighted by Gasteiger charge is 2.21. The Bertz CT molecular complexity index is 1690. The molecule has 0 unspecified atom stereocenters. The molecule has 0 saturated carbocycles. The molecule has 2 aromatic carbocycles. The van der Waals surface area contributed by atoms with E-state index in [0.29, 0.717) is 41.8 Å². The summed E-state index contributed by atoms with van der Waals surface area (Å²) in [6.45, 7) is 2.64. The molecular formula is C28H24F2N6O3. The van der Waals surface area contributed by atoms with Gasteiger partial charge in [-0.2, -0.15) is 0 Å². The summed E-state index contributed by atoms with van der Waals surface area (Å²) >= 11 is 0. The number of aromatic carboxylic acids is 1. The SMILES string of the molecule is Cc1cccc(-c2nc(CNc3ccc(F)c(C(=O)O)c3F)[nH]c2-c2ccc3ncc(OCCN)cc3c2)n1.